The highest BCUT2D eigenvalue weighted by molar-refractivity contribution is 6.06. The van der Waals surface area contributed by atoms with Gasteiger partial charge in [0, 0.05) is 12.1 Å². The Morgan fingerprint density at radius 1 is 1.07 bits per heavy atom. The number of carbonyl (C=O) groups is 3. The van der Waals surface area contributed by atoms with Gasteiger partial charge in [0.15, 0.2) is 5.75 Å². The summed E-state index contributed by atoms with van der Waals surface area (Å²) >= 11 is 0. The Balaban J connectivity index is 1.85. The molecular weight excluding hydrogens is 344 g/mol. The van der Waals surface area contributed by atoms with E-state index in [2.05, 4.69) is 5.32 Å². The third-order valence-corrected chi connectivity index (χ3v) is 4.21. The molecule has 1 heterocycles. The van der Waals surface area contributed by atoms with E-state index in [4.69, 9.17) is 4.74 Å². The van der Waals surface area contributed by atoms with Gasteiger partial charge in [-0.2, -0.15) is 0 Å². The van der Waals surface area contributed by atoms with Gasteiger partial charge in [-0.05, 0) is 30.2 Å². The second-order valence-electron chi connectivity index (χ2n) is 6.88. The third-order valence-electron chi connectivity index (χ3n) is 4.21. The molecule has 0 saturated heterocycles. The number of ether oxygens (including phenoxy) is 1. The zero-order valence-corrected chi connectivity index (χ0v) is 15.3. The van der Waals surface area contributed by atoms with Crippen molar-refractivity contribution >= 4 is 29.2 Å². The van der Waals surface area contributed by atoms with Gasteiger partial charge < -0.3 is 10.1 Å². The Kier molecular flexibility index (Phi) is 5.54. The van der Waals surface area contributed by atoms with Crippen molar-refractivity contribution in [2.45, 2.75) is 32.7 Å². The zero-order valence-electron chi connectivity index (χ0n) is 15.3. The van der Waals surface area contributed by atoms with E-state index in [0.29, 0.717) is 17.1 Å². The van der Waals surface area contributed by atoms with Crippen LogP contribution in [-0.2, 0) is 14.4 Å². The van der Waals surface area contributed by atoms with Gasteiger partial charge in [-0.25, -0.2) is 4.79 Å². The van der Waals surface area contributed by atoms with Crippen LogP contribution in [0.4, 0.5) is 11.4 Å². The SMILES string of the molecule is CC(C)CC(=O)N1c2ccccc2OC(=O)C1CC(=O)Nc1ccccc1. The van der Waals surface area contributed by atoms with Crippen LogP contribution < -0.4 is 15.0 Å². The van der Waals surface area contributed by atoms with Crippen LogP contribution in [0.1, 0.15) is 26.7 Å². The first-order valence-electron chi connectivity index (χ1n) is 8.93. The molecule has 0 fully saturated rings. The minimum absolute atomic E-state index is 0.126. The molecule has 27 heavy (non-hydrogen) atoms. The Bertz CT molecular complexity index is 848. The molecule has 2 amide bonds. The maximum absolute atomic E-state index is 12.9. The van der Waals surface area contributed by atoms with Crippen LogP contribution in [-0.4, -0.2) is 23.8 Å². The van der Waals surface area contributed by atoms with Crippen molar-refractivity contribution in [2.24, 2.45) is 5.92 Å². The molecule has 1 aliphatic rings. The molecule has 2 aromatic carbocycles. The number of benzene rings is 2. The first-order valence-corrected chi connectivity index (χ1v) is 8.93. The number of para-hydroxylation sites is 3. The quantitative estimate of drug-likeness (QED) is 0.650. The van der Waals surface area contributed by atoms with E-state index in [-0.39, 0.29) is 30.6 Å². The lowest BCUT2D eigenvalue weighted by Crippen LogP contribution is -2.51. The highest BCUT2D eigenvalue weighted by atomic mass is 16.5. The van der Waals surface area contributed by atoms with Gasteiger partial charge >= 0.3 is 5.97 Å². The summed E-state index contributed by atoms with van der Waals surface area (Å²) in [5.74, 6) is -0.703. The third kappa shape index (κ3) is 4.34. The van der Waals surface area contributed by atoms with Gasteiger partial charge in [-0.15, -0.1) is 0 Å². The van der Waals surface area contributed by atoms with Crippen LogP contribution in [0.3, 0.4) is 0 Å². The summed E-state index contributed by atoms with van der Waals surface area (Å²) < 4.78 is 5.37. The molecule has 140 valence electrons. The molecule has 0 radical (unpaired) electrons. The van der Waals surface area contributed by atoms with Crippen LogP contribution in [0.2, 0.25) is 0 Å². The molecule has 0 spiro atoms. The van der Waals surface area contributed by atoms with Gasteiger partial charge in [0.2, 0.25) is 11.8 Å². The van der Waals surface area contributed by atoms with Crippen molar-refractivity contribution in [3.63, 3.8) is 0 Å². The molecule has 1 atom stereocenters. The van der Waals surface area contributed by atoms with Crippen LogP contribution in [0, 0.1) is 5.92 Å². The molecule has 6 nitrogen and oxygen atoms in total. The Labute approximate surface area is 158 Å². The number of nitrogens with one attached hydrogen (secondary N) is 1. The lowest BCUT2D eigenvalue weighted by Gasteiger charge is -2.35. The van der Waals surface area contributed by atoms with E-state index >= 15 is 0 Å². The smallest absolute Gasteiger partial charge is 0.335 e. The molecule has 6 heteroatoms. The summed E-state index contributed by atoms with van der Waals surface area (Å²) in [5, 5.41) is 2.75. The topological polar surface area (TPSA) is 75.7 Å². The van der Waals surface area contributed by atoms with E-state index < -0.39 is 12.0 Å². The lowest BCUT2D eigenvalue weighted by molar-refractivity contribution is -0.140. The molecule has 2 aromatic rings. The van der Waals surface area contributed by atoms with Crippen molar-refractivity contribution in [1.82, 2.24) is 0 Å². The summed E-state index contributed by atoms with van der Waals surface area (Å²) in [4.78, 5) is 39.3. The number of amides is 2. The number of fused-ring (bicyclic) bond motifs is 1. The maximum atomic E-state index is 12.9. The van der Waals surface area contributed by atoms with Gasteiger partial charge in [-0.1, -0.05) is 44.2 Å². The number of nitrogens with zero attached hydrogens (tertiary/aromatic N) is 1. The second kappa shape index (κ2) is 8.03. The minimum atomic E-state index is -0.991. The number of anilines is 2. The largest absolute Gasteiger partial charge is 0.423 e. The van der Waals surface area contributed by atoms with E-state index in [1.54, 1.807) is 48.5 Å². The van der Waals surface area contributed by atoms with E-state index in [9.17, 15) is 14.4 Å². The van der Waals surface area contributed by atoms with Gasteiger partial charge in [0.1, 0.15) is 6.04 Å². The lowest BCUT2D eigenvalue weighted by atomic mass is 10.0. The normalized spacial score (nSPS) is 15.9. The van der Waals surface area contributed by atoms with Gasteiger partial charge in [0.25, 0.3) is 0 Å². The molecule has 3 rings (SSSR count). The fraction of sp³-hybridized carbons (Fsp3) is 0.286. The highest BCUT2D eigenvalue weighted by Gasteiger charge is 2.39. The highest BCUT2D eigenvalue weighted by Crippen LogP contribution is 2.36. The predicted molar refractivity (Wildman–Crippen MR) is 102 cm³/mol. The fourth-order valence-corrected chi connectivity index (χ4v) is 3.03. The number of rotatable bonds is 5. The monoisotopic (exact) mass is 366 g/mol. The number of hydrogen-bond acceptors (Lipinski definition) is 4. The summed E-state index contributed by atoms with van der Waals surface area (Å²) in [6.45, 7) is 3.87. The zero-order chi connectivity index (χ0) is 19.4. The van der Waals surface area contributed by atoms with Crippen molar-refractivity contribution in [1.29, 1.82) is 0 Å². The summed E-state index contributed by atoms with van der Waals surface area (Å²) in [5.41, 5.74) is 1.15. The number of esters is 1. The molecule has 1 N–H and O–H groups in total. The first-order chi connectivity index (χ1) is 13.0. The van der Waals surface area contributed by atoms with Gasteiger partial charge in [-0.3, -0.25) is 14.5 Å². The standard InChI is InChI=1S/C21H22N2O4/c1-14(2)12-20(25)23-16-10-6-7-11-18(16)27-21(26)17(23)13-19(24)22-15-8-4-3-5-9-15/h3-11,14,17H,12-13H2,1-2H3,(H,22,24). The predicted octanol–water partition coefficient (Wildman–Crippen LogP) is 3.38. The summed E-state index contributed by atoms with van der Waals surface area (Å²) in [6.07, 6.45) is 0.102. The van der Waals surface area contributed by atoms with Gasteiger partial charge in [0.05, 0.1) is 12.1 Å². The maximum Gasteiger partial charge on any atom is 0.335 e. The van der Waals surface area contributed by atoms with Crippen molar-refractivity contribution in [3.05, 3.63) is 54.6 Å². The Morgan fingerprint density at radius 3 is 2.44 bits per heavy atom. The Hall–Kier alpha value is -3.15. The van der Waals surface area contributed by atoms with Crippen LogP contribution in [0.25, 0.3) is 0 Å². The number of hydrogen-bond donors (Lipinski definition) is 1. The average Bonchev–Trinajstić information content (AvgIpc) is 2.62. The molecule has 0 bridgehead atoms. The molecule has 1 unspecified atom stereocenters. The molecule has 0 saturated carbocycles. The second-order valence-corrected chi connectivity index (χ2v) is 6.88. The van der Waals surface area contributed by atoms with Crippen LogP contribution >= 0.6 is 0 Å². The average molecular weight is 366 g/mol. The molecule has 0 aliphatic carbocycles. The fourth-order valence-electron chi connectivity index (χ4n) is 3.03. The first kappa shape index (κ1) is 18.6. The molecular formula is C21H22N2O4. The van der Waals surface area contributed by atoms with Crippen molar-refractivity contribution in [3.8, 4) is 5.75 Å². The van der Waals surface area contributed by atoms with Crippen molar-refractivity contribution in [2.75, 3.05) is 10.2 Å². The number of carbonyl (C=O) groups excluding carboxylic acids is 3. The van der Waals surface area contributed by atoms with E-state index in [0.717, 1.165) is 0 Å². The van der Waals surface area contributed by atoms with Crippen LogP contribution in [0.5, 0.6) is 5.75 Å². The molecule has 1 aliphatic heterocycles. The minimum Gasteiger partial charge on any atom is -0.423 e. The molecule has 0 aromatic heterocycles. The van der Waals surface area contributed by atoms with Crippen LogP contribution in [0.15, 0.2) is 54.6 Å². The Morgan fingerprint density at radius 2 is 1.74 bits per heavy atom. The summed E-state index contributed by atoms with van der Waals surface area (Å²) in [7, 11) is 0. The van der Waals surface area contributed by atoms with E-state index in [1.165, 1.54) is 4.90 Å². The van der Waals surface area contributed by atoms with E-state index in [1.807, 2.05) is 19.9 Å². The summed E-state index contributed by atoms with van der Waals surface area (Å²) in [6, 6.07) is 14.9. The van der Waals surface area contributed by atoms with Crippen molar-refractivity contribution < 1.29 is 19.1 Å².